The molecular weight excluding hydrogens is 442 g/mol. The molecule has 0 spiro atoms. The van der Waals surface area contributed by atoms with Crippen LogP contribution in [0.5, 0.6) is 0 Å². The molecule has 1 aliphatic heterocycles. The average molecular weight is 463 g/mol. The van der Waals surface area contributed by atoms with Gasteiger partial charge in [0, 0.05) is 36.5 Å². The zero-order valence-electron chi connectivity index (χ0n) is 17.4. The molecular formula is C20H21N3O8S. The first-order valence-electron chi connectivity index (χ1n) is 9.51. The molecule has 1 heterocycles. The minimum Gasteiger partial charge on any atom is -0.465 e. The SMILES string of the molecule is COC(=O)c1cc(C(=O)Nc2ccc(C)c(S(=O)(=O)N3CCOCC3)c2)cc([N+](=O)[O-])c1. The summed E-state index contributed by atoms with van der Waals surface area (Å²) in [6.45, 7) is 2.68. The first kappa shape index (κ1) is 23.3. The molecule has 0 unspecified atom stereocenters. The summed E-state index contributed by atoms with van der Waals surface area (Å²) in [5, 5.41) is 13.7. The average Bonchev–Trinajstić information content (AvgIpc) is 2.79. The zero-order valence-corrected chi connectivity index (χ0v) is 18.2. The van der Waals surface area contributed by atoms with Crippen molar-refractivity contribution in [1.82, 2.24) is 4.31 Å². The minimum atomic E-state index is -3.80. The maximum Gasteiger partial charge on any atom is 0.338 e. The quantitative estimate of drug-likeness (QED) is 0.389. The van der Waals surface area contributed by atoms with Crippen LogP contribution in [0.15, 0.2) is 41.3 Å². The summed E-state index contributed by atoms with van der Waals surface area (Å²) >= 11 is 0. The van der Waals surface area contributed by atoms with Crippen molar-refractivity contribution in [3.05, 3.63) is 63.2 Å². The van der Waals surface area contributed by atoms with E-state index in [1.807, 2.05) is 0 Å². The lowest BCUT2D eigenvalue weighted by Gasteiger charge is -2.26. The fourth-order valence-corrected chi connectivity index (χ4v) is 4.83. The number of carbonyl (C=O) groups excluding carboxylic acids is 2. The number of ether oxygens (including phenoxy) is 2. The van der Waals surface area contributed by atoms with Gasteiger partial charge in [0.05, 0.1) is 35.7 Å². The molecule has 1 amide bonds. The lowest BCUT2D eigenvalue weighted by atomic mass is 10.1. The number of nitro benzene ring substituents is 1. The zero-order chi connectivity index (χ0) is 23.5. The monoisotopic (exact) mass is 463 g/mol. The Bertz CT molecular complexity index is 1170. The van der Waals surface area contributed by atoms with E-state index >= 15 is 0 Å². The largest absolute Gasteiger partial charge is 0.465 e. The first-order valence-corrected chi connectivity index (χ1v) is 10.9. The molecule has 2 aromatic carbocycles. The molecule has 0 atom stereocenters. The third-order valence-electron chi connectivity index (χ3n) is 4.85. The second-order valence-electron chi connectivity index (χ2n) is 6.97. The van der Waals surface area contributed by atoms with Crippen LogP contribution in [0.1, 0.15) is 26.3 Å². The van der Waals surface area contributed by atoms with Gasteiger partial charge in [-0.05, 0) is 30.7 Å². The molecule has 170 valence electrons. The number of aryl methyl sites for hydroxylation is 1. The molecule has 1 saturated heterocycles. The summed E-state index contributed by atoms with van der Waals surface area (Å²) in [7, 11) is -2.69. The first-order chi connectivity index (χ1) is 15.1. The molecule has 1 fully saturated rings. The summed E-state index contributed by atoms with van der Waals surface area (Å²) < 4.78 is 37.1. The Balaban J connectivity index is 1.92. The van der Waals surface area contributed by atoms with Crippen molar-refractivity contribution in [2.24, 2.45) is 0 Å². The lowest BCUT2D eigenvalue weighted by molar-refractivity contribution is -0.384. The van der Waals surface area contributed by atoms with Gasteiger partial charge in [-0.2, -0.15) is 4.31 Å². The Morgan fingerprint density at radius 2 is 1.78 bits per heavy atom. The Morgan fingerprint density at radius 1 is 1.12 bits per heavy atom. The van der Waals surface area contributed by atoms with Gasteiger partial charge < -0.3 is 14.8 Å². The number of methoxy groups -OCH3 is 1. The topological polar surface area (TPSA) is 145 Å². The van der Waals surface area contributed by atoms with E-state index in [9.17, 15) is 28.1 Å². The maximum absolute atomic E-state index is 13.0. The van der Waals surface area contributed by atoms with Gasteiger partial charge in [0.15, 0.2) is 0 Å². The maximum atomic E-state index is 13.0. The molecule has 1 aliphatic rings. The molecule has 0 aliphatic carbocycles. The van der Waals surface area contributed by atoms with Crippen molar-refractivity contribution in [2.75, 3.05) is 38.7 Å². The molecule has 32 heavy (non-hydrogen) atoms. The van der Waals surface area contributed by atoms with Crippen LogP contribution in [0.3, 0.4) is 0 Å². The van der Waals surface area contributed by atoms with Crippen molar-refractivity contribution >= 4 is 33.3 Å². The molecule has 0 radical (unpaired) electrons. The van der Waals surface area contributed by atoms with Crippen molar-refractivity contribution in [3.8, 4) is 0 Å². The predicted octanol–water partition coefficient (Wildman–Crippen LogP) is 1.96. The molecule has 11 nitrogen and oxygen atoms in total. The lowest BCUT2D eigenvalue weighted by Crippen LogP contribution is -2.40. The van der Waals surface area contributed by atoms with Crippen LogP contribution in [-0.4, -0.2) is 62.9 Å². The van der Waals surface area contributed by atoms with E-state index in [-0.39, 0.29) is 34.8 Å². The number of carbonyl (C=O) groups is 2. The van der Waals surface area contributed by atoms with E-state index in [1.165, 1.54) is 16.4 Å². The Kier molecular flexibility index (Phi) is 6.87. The Morgan fingerprint density at radius 3 is 2.41 bits per heavy atom. The van der Waals surface area contributed by atoms with Gasteiger partial charge in [0.1, 0.15) is 0 Å². The molecule has 0 saturated carbocycles. The second kappa shape index (κ2) is 9.42. The van der Waals surface area contributed by atoms with Crippen molar-refractivity contribution in [3.63, 3.8) is 0 Å². The van der Waals surface area contributed by atoms with Gasteiger partial charge in [0.25, 0.3) is 11.6 Å². The third kappa shape index (κ3) is 4.93. The van der Waals surface area contributed by atoms with E-state index in [2.05, 4.69) is 10.1 Å². The van der Waals surface area contributed by atoms with Crippen molar-refractivity contribution in [1.29, 1.82) is 0 Å². The molecule has 1 N–H and O–H groups in total. The number of rotatable bonds is 6. The fourth-order valence-electron chi connectivity index (χ4n) is 3.17. The van der Waals surface area contributed by atoms with Crippen LogP contribution in [0.4, 0.5) is 11.4 Å². The standard InChI is InChI=1S/C20H21N3O8S/c1-13-3-4-16(12-18(13)32(28,29)22-5-7-31-8-6-22)21-19(24)14-9-15(20(25)30-2)11-17(10-14)23(26)27/h3-4,9-12H,5-8H2,1-2H3,(H,21,24). The van der Waals surface area contributed by atoms with E-state index in [0.717, 1.165) is 25.3 Å². The third-order valence-corrected chi connectivity index (χ3v) is 6.89. The van der Waals surface area contributed by atoms with Crippen LogP contribution < -0.4 is 5.32 Å². The molecule has 3 rings (SSSR count). The minimum absolute atomic E-state index is 0.0338. The number of anilines is 1. The highest BCUT2D eigenvalue weighted by Crippen LogP contribution is 2.25. The normalized spacial score (nSPS) is 14.6. The van der Waals surface area contributed by atoms with Crippen LogP contribution in [0.2, 0.25) is 0 Å². The molecule has 0 aromatic heterocycles. The van der Waals surface area contributed by atoms with Crippen molar-refractivity contribution < 1.29 is 32.4 Å². The van der Waals surface area contributed by atoms with E-state index in [4.69, 9.17) is 4.74 Å². The number of nitrogens with one attached hydrogen (secondary N) is 1. The number of nitro groups is 1. The summed E-state index contributed by atoms with van der Waals surface area (Å²) in [5.74, 6) is -1.59. The van der Waals surface area contributed by atoms with Crippen LogP contribution in [-0.2, 0) is 19.5 Å². The number of sulfonamides is 1. The van der Waals surface area contributed by atoms with Gasteiger partial charge >= 0.3 is 5.97 Å². The number of hydrogen-bond acceptors (Lipinski definition) is 8. The predicted molar refractivity (Wildman–Crippen MR) is 113 cm³/mol. The van der Waals surface area contributed by atoms with Gasteiger partial charge in [-0.3, -0.25) is 14.9 Å². The van der Waals surface area contributed by atoms with E-state index in [1.54, 1.807) is 13.0 Å². The summed E-state index contributed by atoms with van der Waals surface area (Å²) in [6, 6.07) is 7.58. The molecule has 12 heteroatoms. The molecule has 2 aromatic rings. The van der Waals surface area contributed by atoms with Gasteiger partial charge in [-0.25, -0.2) is 13.2 Å². The highest BCUT2D eigenvalue weighted by molar-refractivity contribution is 7.89. The Hall–Kier alpha value is -3.35. The van der Waals surface area contributed by atoms with Gasteiger partial charge in [-0.1, -0.05) is 6.07 Å². The summed E-state index contributed by atoms with van der Waals surface area (Å²) in [5.41, 5.74) is -0.0991. The number of hydrogen-bond donors (Lipinski definition) is 1. The summed E-state index contributed by atoms with van der Waals surface area (Å²) in [4.78, 5) is 35.0. The smallest absolute Gasteiger partial charge is 0.338 e. The number of non-ortho nitro benzene ring substituents is 1. The van der Waals surface area contributed by atoms with Crippen molar-refractivity contribution in [2.45, 2.75) is 11.8 Å². The van der Waals surface area contributed by atoms with E-state index < -0.39 is 32.5 Å². The van der Waals surface area contributed by atoms with Crippen LogP contribution in [0, 0.1) is 17.0 Å². The number of morpholine rings is 1. The number of benzene rings is 2. The van der Waals surface area contributed by atoms with Gasteiger partial charge in [-0.15, -0.1) is 0 Å². The molecule has 0 bridgehead atoms. The highest BCUT2D eigenvalue weighted by atomic mass is 32.2. The number of nitrogens with zero attached hydrogens (tertiary/aromatic N) is 2. The highest BCUT2D eigenvalue weighted by Gasteiger charge is 2.28. The Labute approximate surface area is 184 Å². The van der Waals surface area contributed by atoms with Crippen LogP contribution in [0.25, 0.3) is 0 Å². The van der Waals surface area contributed by atoms with E-state index in [0.29, 0.717) is 18.8 Å². The second-order valence-corrected chi connectivity index (χ2v) is 8.87. The number of esters is 1. The van der Waals surface area contributed by atoms with Crippen LogP contribution >= 0.6 is 0 Å². The summed E-state index contributed by atoms with van der Waals surface area (Å²) in [6.07, 6.45) is 0. The van der Waals surface area contributed by atoms with Gasteiger partial charge in [0.2, 0.25) is 10.0 Å². The number of amides is 1. The fraction of sp³-hybridized carbons (Fsp3) is 0.300.